The van der Waals surface area contributed by atoms with Gasteiger partial charge >= 0.3 is 0 Å². The Labute approximate surface area is 85.7 Å². The predicted octanol–water partition coefficient (Wildman–Crippen LogP) is -0.0927. The van der Waals surface area contributed by atoms with Gasteiger partial charge < -0.3 is 20.1 Å². The van der Waals surface area contributed by atoms with Gasteiger partial charge in [0.2, 0.25) is 0 Å². The van der Waals surface area contributed by atoms with Gasteiger partial charge in [0.25, 0.3) is 0 Å². The van der Waals surface area contributed by atoms with Gasteiger partial charge in [-0.3, -0.25) is 5.41 Å². The van der Waals surface area contributed by atoms with Crippen LogP contribution in [-0.2, 0) is 9.47 Å². The number of rotatable bonds is 9. The van der Waals surface area contributed by atoms with E-state index in [1.165, 1.54) is 0 Å². The third-order valence-corrected chi connectivity index (χ3v) is 1.81. The Morgan fingerprint density at radius 3 is 2.57 bits per heavy atom. The maximum atomic E-state index is 7.06. The standard InChI is InChI=1S/C9H21N3O2/c1-12(4-3-9(10)11)5-6-14-8-7-13-2/h3-8H2,1-2H3,(H3,10,11). The molecule has 0 fully saturated rings. The first-order valence-corrected chi connectivity index (χ1v) is 4.75. The number of hydrogen-bond acceptors (Lipinski definition) is 4. The second-order valence-corrected chi connectivity index (χ2v) is 3.18. The zero-order chi connectivity index (χ0) is 10.8. The average molecular weight is 203 g/mol. The second kappa shape index (κ2) is 8.93. The molecule has 0 aliphatic rings. The molecule has 0 rings (SSSR count). The van der Waals surface area contributed by atoms with Crippen molar-refractivity contribution in [3.05, 3.63) is 0 Å². The highest BCUT2D eigenvalue weighted by atomic mass is 16.5. The Morgan fingerprint density at radius 2 is 2.00 bits per heavy atom. The number of amidine groups is 1. The van der Waals surface area contributed by atoms with Crippen LogP contribution < -0.4 is 5.73 Å². The van der Waals surface area contributed by atoms with Crippen LogP contribution in [0, 0.1) is 5.41 Å². The lowest BCUT2D eigenvalue weighted by molar-refractivity contribution is 0.0609. The number of nitrogens with two attached hydrogens (primary N) is 1. The first-order valence-electron chi connectivity index (χ1n) is 4.75. The van der Waals surface area contributed by atoms with E-state index in [2.05, 4.69) is 4.90 Å². The van der Waals surface area contributed by atoms with Crippen LogP contribution in [0.25, 0.3) is 0 Å². The van der Waals surface area contributed by atoms with Crippen molar-refractivity contribution in [3.63, 3.8) is 0 Å². The van der Waals surface area contributed by atoms with Crippen molar-refractivity contribution in [1.82, 2.24) is 4.90 Å². The SMILES string of the molecule is COCCOCCN(C)CCC(=N)N. The van der Waals surface area contributed by atoms with Crippen molar-refractivity contribution in [2.75, 3.05) is 47.1 Å². The molecule has 0 aliphatic heterocycles. The Bertz CT molecular complexity index is 153. The van der Waals surface area contributed by atoms with Gasteiger partial charge in [0, 0.05) is 26.6 Å². The van der Waals surface area contributed by atoms with E-state index < -0.39 is 0 Å². The van der Waals surface area contributed by atoms with Gasteiger partial charge in [-0.05, 0) is 7.05 Å². The van der Waals surface area contributed by atoms with Crippen LogP contribution in [0.4, 0.5) is 0 Å². The van der Waals surface area contributed by atoms with Gasteiger partial charge in [-0.1, -0.05) is 0 Å². The second-order valence-electron chi connectivity index (χ2n) is 3.18. The molecule has 0 amide bonds. The molecule has 84 valence electrons. The third kappa shape index (κ3) is 9.44. The van der Waals surface area contributed by atoms with E-state index >= 15 is 0 Å². The normalized spacial score (nSPS) is 10.8. The topological polar surface area (TPSA) is 71.6 Å². The first-order chi connectivity index (χ1) is 6.66. The Balaban J connectivity index is 3.18. The van der Waals surface area contributed by atoms with Crippen LogP contribution in [0.15, 0.2) is 0 Å². The monoisotopic (exact) mass is 203 g/mol. The maximum Gasteiger partial charge on any atom is 0.0918 e. The van der Waals surface area contributed by atoms with Crippen LogP contribution in [0.5, 0.6) is 0 Å². The molecule has 0 bridgehead atoms. The van der Waals surface area contributed by atoms with E-state index in [0.29, 0.717) is 26.2 Å². The minimum atomic E-state index is 0.233. The van der Waals surface area contributed by atoms with E-state index in [1.807, 2.05) is 7.05 Å². The van der Waals surface area contributed by atoms with Crippen LogP contribution in [0.3, 0.4) is 0 Å². The van der Waals surface area contributed by atoms with Gasteiger partial charge in [0.1, 0.15) is 0 Å². The van der Waals surface area contributed by atoms with Crippen molar-refractivity contribution in [3.8, 4) is 0 Å². The molecule has 0 heterocycles. The molecule has 14 heavy (non-hydrogen) atoms. The quantitative estimate of drug-likeness (QED) is 0.312. The summed E-state index contributed by atoms with van der Waals surface area (Å²) in [6.45, 7) is 3.63. The molecule has 0 saturated carbocycles. The van der Waals surface area contributed by atoms with Gasteiger partial charge in [-0.2, -0.15) is 0 Å². The minimum Gasteiger partial charge on any atom is -0.388 e. The van der Waals surface area contributed by atoms with Crippen LogP contribution in [0.2, 0.25) is 0 Å². The molecule has 0 atom stereocenters. The van der Waals surface area contributed by atoms with Gasteiger partial charge in [-0.25, -0.2) is 0 Å². The van der Waals surface area contributed by atoms with Crippen molar-refractivity contribution >= 4 is 5.84 Å². The summed E-state index contributed by atoms with van der Waals surface area (Å²) in [5.41, 5.74) is 5.24. The van der Waals surface area contributed by atoms with Crippen LogP contribution in [0.1, 0.15) is 6.42 Å². The van der Waals surface area contributed by atoms with E-state index in [-0.39, 0.29) is 5.84 Å². The highest BCUT2D eigenvalue weighted by Crippen LogP contribution is 1.87. The molecule has 0 spiro atoms. The number of nitrogens with one attached hydrogen (secondary N) is 1. The van der Waals surface area contributed by atoms with Crippen LogP contribution in [-0.4, -0.2) is 57.8 Å². The summed E-state index contributed by atoms with van der Waals surface area (Å²) >= 11 is 0. The zero-order valence-electron chi connectivity index (χ0n) is 9.08. The highest BCUT2D eigenvalue weighted by molar-refractivity contribution is 5.76. The lowest BCUT2D eigenvalue weighted by atomic mass is 10.4. The van der Waals surface area contributed by atoms with Gasteiger partial charge in [-0.15, -0.1) is 0 Å². The van der Waals surface area contributed by atoms with E-state index in [9.17, 15) is 0 Å². The smallest absolute Gasteiger partial charge is 0.0918 e. The number of likely N-dealkylation sites (N-methyl/N-ethyl adjacent to an activating group) is 1. The molecular weight excluding hydrogens is 182 g/mol. The number of methoxy groups -OCH3 is 1. The molecular formula is C9H21N3O2. The molecule has 0 radical (unpaired) electrons. The summed E-state index contributed by atoms with van der Waals surface area (Å²) in [6.07, 6.45) is 0.620. The molecule has 0 saturated heterocycles. The number of nitrogens with zero attached hydrogens (tertiary/aromatic N) is 1. The van der Waals surface area contributed by atoms with Crippen molar-refractivity contribution in [1.29, 1.82) is 5.41 Å². The highest BCUT2D eigenvalue weighted by Gasteiger charge is 1.98. The summed E-state index contributed by atoms with van der Waals surface area (Å²) in [5, 5.41) is 7.06. The van der Waals surface area contributed by atoms with Crippen LogP contribution >= 0.6 is 0 Å². The molecule has 0 aromatic heterocycles. The number of hydrogen-bond donors (Lipinski definition) is 2. The van der Waals surface area contributed by atoms with E-state index in [4.69, 9.17) is 20.6 Å². The number of ether oxygens (including phenoxy) is 2. The minimum absolute atomic E-state index is 0.233. The molecule has 0 unspecified atom stereocenters. The summed E-state index contributed by atoms with van der Waals surface area (Å²) in [6, 6.07) is 0. The van der Waals surface area contributed by atoms with Crippen molar-refractivity contribution in [2.24, 2.45) is 5.73 Å². The Kier molecular flexibility index (Phi) is 8.51. The lowest BCUT2D eigenvalue weighted by Gasteiger charge is -2.15. The molecule has 5 nitrogen and oxygen atoms in total. The lowest BCUT2D eigenvalue weighted by Crippen LogP contribution is -2.27. The maximum absolute atomic E-state index is 7.06. The molecule has 0 aliphatic carbocycles. The molecule has 0 aromatic carbocycles. The fraction of sp³-hybridized carbons (Fsp3) is 0.889. The third-order valence-electron chi connectivity index (χ3n) is 1.81. The Morgan fingerprint density at radius 1 is 1.29 bits per heavy atom. The fourth-order valence-electron chi connectivity index (χ4n) is 0.888. The molecule has 5 heteroatoms. The summed E-state index contributed by atoms with van der Waals surface area (Å²) in [5.74, 6) is 0.233. The van der Waals surface area contributed by atoms with E-state index in [0.717, 1.165) is 13.1 Å². The average Bonchev–Trinajstić information content (AvgIpc) is 2.14. The Hall–Kier alpha value is -0.650. The summed E-state index contributed by atoms with van der Waals surface area (Å²) in [7, 11) is 3.64. The zero-order valence-corrected chi connectivity index (χ0v) is 9.08. The molecule has 0 aromatic rings. The largest absolute Gasteiger partial charge is 0.388 e. The fourth-order valence-corrected chi connectivity index (χ4v) is 0.888. The predicted molar refractivity (Wildman–Crippen MR) is 56.7 cm³/mol. The van der Waals surface area contributed by atoms with Gasteiger partial charge in [0.05, 0.1) is 25.7 Å². The molecule has 3 N–H and O–H groups in total. The van der Waals surface area contributed by atoms with Crippen molar-refractivity contribution in [2.45, 2.75) is 6.42 Å². The van der Waals surface area contributed by atoms with E-state index in [1.54, 1.807) is 7.11 Å². The summed E-state index contributed by atoms with van der Waals surface area (Å²) in [4.78, 5) is 2.09. The first kappa shape index (κ1) is 13.4. The van der Waals surface area contributed by atoms with Gasteiger partial charge in [0.15, 0.2) is 0 Å². The van der Waals surface area contributed by atoms with Crippen molar-refractivity contribution < 1.29 is 9.47 Å². The summed E-state index contributed by atoms with van der Waals surface area (Å²) < 4.78 is 10.1.